The molecule has 6 heteroatoms. The van der Waals surface area contributed by atoms with Crippen LogP contribution in [0.15, 0.2) is 47.1 Å². The zero-order chi connectivity index (χ0) is 14.4. The van der Waals surface area contributed by atoms with Crippen molar-refractivity contribution in [1.82, 2.24) is 10.6 Å². The van der Waals surface area contributed by atoms with E-state index in [1.807, 2.05) is 0 Å². The topological polar surface area (TPSA) is 74.5 Å². The van der Waals surface area contributed by atoms with Crippen molar-refractivity contribution in [1.29, 1.82) is 0 Å². The molecule has 1 atom stereocenters. The Labute approximate surface area is 115 Å². The van der Waals surface area contributed by atoms with E-state index in [0.717, 1.165) is 5.56 Å². The summed E-state index contributed by atoms with van der Waals surface area (Å²) < 4.78 is 17.7. The van der Waals surface area contributed by atoms with Crippen LogP contribution in [0, 0.1) is 5.82 Å². The van der Waals surface area contributed by atoms with E-state index in [-0.39, 0.29) is 18.9 Å². The summed E-state index contributed by atoms with van der Waals surface area (Å²) in [4.78, 5) is 11.5. The highest BCUT2D eigenvalue weighted by Gasteiger charge is 2.11. The molecule has 1 heterocycles. The lowest BCUT2D eigenvalue weighted by Gasteiger charge is -2.10. The molecule has 20 heavy (non-hydrogen) atoms. The number of urea groups is 1. The summed E-state index contributed by atoms with van der Waals surface area (Å²) in [6, 6.07) is 8.71. The quantitative estimate of drug-likeness (QED) is 0.782. The first-order valence-corrected chi connectivity index (χ1v) is 6.13. The molecule has 5 nitrogen and oxygen atoms in total. The fourth-order valence-electron chi connectivity index (χ4n) is 1.62. The number of aliphatic hydroxyl groups is 1. The van der Waals surface area contributed by atoms with Crippen LogP contribution < -0.4 is 10.6 Å². The molecule has 3 N–H and O–H groups in total. The molecule has 0 fully saturated rings. The molecule has 2 rings (SSSR count). The minimum atomic E-state index is -0.887. The lowest BCUT2D eigenvalue weighted by atomic mass is 10.2. The number of aliphatic hydroxyl groups excluding tert-OH is 1. The van der Waals surface area contributed by atoms with Crippen LogP contribution in [-0.2, 0) is 6.54 Å². The number of nitrogens with one attached hydrogen (secondary N) is 2. The maximum absolute atomic E-state index is 12.7. The van der Waals surface area contributed by atoms with Gasteiger partial charge in [0.25, 0.3) is 0 Å². The van der Waals surface area contributed by atoms with Crippen LogP contribution in [0.1, 0.15) is 17.4 Å². The van der Waals surface area contributed by atoms with E-state index >= 15 is 0 Å². The summed E-state index contributed by atoms with van der Waals surface area (Å²) >= 11 is 0. The lowest BCUT2D eigenvalue weighted by Crippen LogP contribution is -2.37. The van der Waals surface area contributed by atoms with E-state index in [9.17, 15) is 14.3 Å². The standard InChI is InChI=1S/C14H15FN2O3/c15-11-5-3-10(4-6-11)8-16-14(19)17-9-12(18)13-2-1-7-20-13/h1-7,12,18H,8-9H2,(H2,16,17,19). The second kappa shape index (κ2) is 6.72. The number of halogens is 1. The molecular formula is C14H15FN2O3. The van der Waals surface area contributed by atoms with Gasteiger partial charge in [-0.2, -0.15) is 0 Å². The van der Waals surface area contributed by atoms with Crippen molar-refractivity contribution < 1.29 is 18.7 Å². The molecule has 1 aromatic heterocycles. The molecule has 0 aliphatic heterocycles. The third kappa shape index (κ3) is 4.10. The first kappa shape index (κ1) is 14.1. The normalized spacial score (nSPS) is 11.9. The molecule has 0 saturated heterocycles. The van der Waals surface area contributed by atoms with Gasteiger partial charge in [0, 0.05) is 6.54 Å². The van der Waals surface area contributed by atoms with Gasteiger partial charge < -0.3 is 20.2 Å². The van der Waals surface area contributed by atoms with Gasteiger partial charge in [0.05, 0.1) is 12.8 Å². The second-order valence-corrected chi connectivity index (χ2v) is 4.22. The highest BCUT2D eigenvalue weighted by molar-refractivity contribution is 5.73. The van der Waals surface area contributed by atoms with Crippen LogP contribution >= 0.6 is 0 Å². The first-order chi connectivity index (χ1) is 9.65. The van der Waals surface area contributed by atoms with Gasteiger partial charge in [-0.3, -0.25) is 0 Å². The Hall–Kier alpha value is -2.34. The van der Waals surface area contributed by atoms with Crippen molar-refractivity contribution >= 4 is 6.03 Å². The van der Waals surface area contributed by atoms with E-state index in [4.69, 9.17) is 4.42 Å². The molecule has 0 saturated carbocycles. The van der Waals surface area contributed by atoms with E-state index in [2.05, 4.69) is 10.6 Å². The summed E-state index contributed by atoms with van der Waals surface area (Å²) in [6.45, 7) is 0.325. The van der Waals surface area contributed by atoms with Crippen molar-refractivity contribution in [3.8, 4) is 0 Å². The Morgan fingerprint density at radius 1 is 1.25 bits per heavy atom. The highest BCUT2D eigenvalue weighted by Crippen LogP contribution is 2.11. The van der Waals surface area contributed by atoms with E-state index < -0.39 is 12.1 Å². The summed E-state index contributed by atoms with van der Waals surface area (Å²) in [5.41, 5.74) is 0.785. The fourth-order valence-corrected chi connectivity index (χ4v) is 1.62. The molecular weight excluding hydrogens is 263 g/mol. The van der Waals surface area contributed by atoms with Crippen LogP contribution in [0.5, 0.6) is 0 Å². The molecule has 106 valence electrons. The monoisotopic (exact) mass is 278 g/mol. The Morgan fingerprint density at radius 3 is 2.65 bits per heavy atom. The Kier molecular flexibility index (Phi) is 4.73. The van der Waals surface area contributed by atoms with Gasteiger partial charge in [0.15, 0.2) is 0 Å². The van der Waals surface area contributed by atoms with E-state index in [1.165, 1.54) is 18.4 Å². The van der Waals surface area contributed by atoms with Crippen LogP contribution in [0.3, 0.4) is 0 Å². The van der Waals surface area contributed by atoms with Gasteiger partial charge in [-0.15, -0.1) is 0 Å². The van der Waals surface area contributed by atoms with E-state index in [1.54, 1.807) is 24.3 Å². The second-order valence-electron chi connectivity index (χ2n) is 4.22. The van der Waals surface area contributed by atoms with Gasteiger partial charge in [0.1, 0.15) is 17.7 Å². The predicted octanol–water partition coefficient (Wildman–Crippen LogP) is 1.95. The SMILES string of the molecule is O=C(NCc1ccc(F)cc1)NCC(O)c1ccco1. The molecule has 2 aromatic rings. The summed E-state index contributed by atoms with van der Waals surface area (Å²) in [5.74, 6) is 0.0728. The average Bonchev–Trinajstić information content (AvgIpc) is 2.98. The van der Waals surface area contributed by atoms with Crippen molar-refractivity contribution in [2.75, 3.05) is 6.54 Å². The van der Waals surface area contributed by atoms with Crippen LogP contribution in [0.25, 0.3) is 0 Å². The maximum Gasteiger partial charge on any atom is 0.315 e. The number of carbonyl (C=O) groups is 1. The number of carbonyl (C=O) groups excluding carboxylic acids is 1. The predicted molar refractivity (Wildman–Crippen MR) is 70.3 cm³/mol. The smallest absolute Gasteiger partial charge is 0.315 e. The number of hydrogen-bond donors (Lipinski definition) is 3. The first-order valence-electron chi connectivity index (χ1n) is 6.13. The third-order valence-corrected chi connectivity index (χ3v) is 2.69. The zero-order valence-electron chi connectivity index (χ0n) is 10.7. The van der Waals surface area contributed by atoms with Crippen molar-refractivity contribution in [3.63, 3.8) is 0 Å². The van der Waals surface area contributed by atoms with Crippen molar-refractivity contribution in [2.45, 2.75) is 12.6 Å². The van der Waals surface area contributed by atoms with Gasteiger partial charge >= 0.3 is 6.03 Å². The van der Waals surface area contributed by atoms with Crippen LogP contribution in [-0.4, -0.2) is 17.7 Å². The lowest BCUT2D eigenvalue weighted by molar-refractivity contribution is 0.148. The van der Waals surface area contributed by atoms with Crippen LogP contribution in [0.2, 0.25) is 0 Å². The summed E-state index contributed by atoms with van der Waals surface area (Å²) in [6.07, 6.45) is 0.564. The Bertz CT molecular complexity index is 540. The van der Waals surface area contributed by atoms with Gasteiger partial charge in [-0.1, -0.05) is 12.1 Å². The van der Waals surface area contributed by atoms with Gasteiger partial charge in [-0.25, -0.2) is 9.18 Å². The van der Waals surface area contributed by atoms with Crippen molar-refractivity contribution in [2.24, 2.45) is 0 Å². The molecule has 1 unspecified atom stereocenters. The molecule has 1 aromatic carbocycles. The molecule has 0 aliphatic rings. The van der Waals surface area contributed by atoms with E-state index in [0.29, 0.717) is 5.76 Å². The molecule has 0 aliphatic carbocycles. The minimum absolute atomic E-state index is 0.0444. The highest BCUT2D eigenvalue weighted by atomic mass is 19.1. The number of amides is 2. The largest absolute Gasteiger partial charge is 0.467 e. The zero-order valence-corrected chi connectivity index (χ0v) is 10.7. The number of furan rings is 1. The van der Waals surface area contributed by atoms with Crippen LogP contribution in [0.4, 0.5) is 9.18 Å². The number of benzene rings is 1. The number of hydrogen-bond acceptors (Lipinski definition) is 3. The summed E-state index contributed by atoms with van der Waals surface area (Å²) in [7, 11) is 0. The average molecular weight is 278 g/mol. The molecule has 0 radical (unpaired) electrons. The van der Waals surface area contributed by atoms with Gasteiger partial charge in [0.2, 0.25) is 0 Å². The molecule has 2 amide bonds. The number of rotatable bonds is 5. The Balaban J connectivity index is 1.71. The summed E-state index contributed by atoms with van der Waals surface area (Å²) in [5, 5.41) is 14.8. The fraction of sp³-hybridized carbons (Fsp3) is 0.214. The maximum atomic E-state index is 12.7. The van der Waals surface area contributed by atoms with Crippen molar-refractivity contribution in [3.05, 3.63) is 59.8 Å². The minimum Gasteiger partial charge on any atom is -0.467 e. The third-order valence-electron chi connectivity index (χ3n) is 2.69. The molecule has 0 bridgehead atoms. The molecule has 0 spiro atoms. The van der Waals surface area contributed by atoms with Gasteiger partial charge in [-0.05, 0) is 29.8 Å². The Morgan fingerprint density at radius 2 is 2.00 bits per heavy atom.